The molecule has 0 saturated carbocycles. The van der Waals surface area contributed by atoms with E-state index < -0.39 is 41.8 Å². The number of carboxylic acid groups (broad SMARTS) is 1. The summed E-state index contributed by atoms with van der Waals surface area (Å²) in [6.45, 7) is 3.96. The van der Waals surface area contributed by atoms with Gasteiger partial charge < -0.3 is 32.5 Å². The number of rotatable bonds is 16. The molecular formula is C19H37N5O5S. The Balaban J connectivity index is 4.73. The number of aliphatic carboxylic acids is 1. The summed E-state index contributed by atoms with van der Waals surface area (Å²) in [5.74, 6) is -1.82. The highest BCUT2D eigenvalue weighted by Crippen LogP contribution is 2.05. The molecular weight excluding hydrogens is 410 g/mol. The standard InChI is InChI=1S/C19H37N5O5S/c1-12(2)10-13(21)17(26)24-14(7-9-30-3)18(27)22-11-16(25)23-15(19(28)29)6-4-5-8-20/h12-15H,4-11,20-21H2,1-3H3,(H,22,27)(H,23,25)(H,24,26)(H,28,29). The summed E-state index contributed by atoms with van der Waals surface area (Å²) >= 11 is 1.52. The molecule has 10 nitrogen and oxygen atoms in total. The second-order valence-electron chi connectivity index (χ2n) is 7.54. The van der Waals surface area contributed by atoms with E-state index in [1.165, 1.54) is 11.8 Å². The highest BCUT2D eigenvalue weighted by atomic mass is 32.2. The van der Waals surface area contributed by atoms with Crippen molar-refractivity contribution in [1.82, 2.24) is 16.0 Å². The van der Waals surface area contributed by atoms with Crippen LogP contribution in [-0.2, 0) is 19.2 Å². The molecule has 8 N–H and O–H groups in total. The van der Waals surface area contributed by atoms with Gasteiger partial charge in [-0.15, -0.1) is 0 Å². The number of nitrogens with one attached hydrogen (secondary N) is 3. The van der Waals surface area contributed by atoms with Crippen LogP contribution in [-0.4, -0.2) is 72.0 Å². The van der Waals surface area contributed by atoms with Gasteiger partial charge in [0, 0.05) is 0 Å². The molecule has 174 valence electrons. The van der Waals surface area contributed by atoms with Crippen molar-refractivity contribution in [3.63, 3.8) is 0 Å². The van der Waals surface area contributed by atoms with Crippen LogP contribution in [0, 0.1) is 5.92 Å². The zero-order valence-electron chi connectivity index (χ0n) is 18.1. The molecule has 3 atom stereocenters. The van der Waals surface area contributed by atoms with Gasteiger partial charge in [0.2, 0.25) is 17.7 Å². The fourth-order valence-electron chi connectivity index (χ4n) is 2.68. The molecule has 0 aromatic heterocycles. The van der Waals surface area contributed by atoms with E-state index in [9.17, 15) is 24.3 Å². The van der Waals surface area contributed by atoms with Crippen LogP contribution in [0.4, 0.5) is 0 Å². The molecule has 0 aliphatic heterocycles. The normalized spacial score (nSPS) is 13.9. The van der Waals surface area contributed by atoms with Crippen LogP contribution in [0.2, 0.25) is 0 Å². The fraction of sp³-hybridized carbons (Fsp3) is 0.789. The molecule has 0 fully saturated rings. The topological polar surface area (TPSA) is 177 Å². The van der Waals surface area contributed by atoms with Gasteiger partial charge in [0.15, 0.2) is 0 Å². The van der Waals surface area contributed by atoms with Crippen LogP contribution in [0.1, 0.15) is 46.0 Å². The second-order valence-corrected chi connectivity index (χ2v) is 8.52. The number of thioether (sulfide) groups is 1. The smallest absolute Gasteiger partial charge is 0.326 e. The summed E-state index contributed by atoms with van der Waals surface area (Å²) in [4.78, 5) is 48.1. The number of nitrogens with two attached hydrogens (primary N) is 2. The van der Waals surface area contributed by atoms with Crippen molar-refractivity contribution in [3.8, 4) is 0 Å². The minimum Gasteiger partial charge on any atom is -0.480 e. The number of unbranched alkanes of at least 4 members (excludes halogenated alkanes) is 1. The summed E-state index contributed by atoms with van der Waals surface area (Å²) in [6, 6.07) is -2.58. The predicted molar refractivity (Wildman–Crippen MR) is 118 cm³/mol. The van der Waals surface area contributed by atoms with E-state index in [2.05, 4.69) is 16.0 Å². The van der Waals surface area contributed by atoms with Crippen LogP contribution >= 0.6 is 11.8 Å². The third-order valence-electron chi connectivity index (χ3n) is 4.31. The Hall–Kier alpha value is -1.85. The largest absolute Gasteiger partial charge is 0.480 e. The highest BCUT2D eigenvalue weighted by molar-refractivity contribution is 7.98. The lowest BCUT2D eigenvalue weighted by molar-refractivity contribution is -0.142. The van der Waals surface area contributed by atoms with Gasteiger partial charge in [-0.1, -0.05) is 13.8 Å². The monoisotopic (exact) mass is 447 g/mol. The number of amides is 3. The van der Waals surface area contributed by atoms with Crippen LogP contribution < -0.4 is 27.4 Å². The van der Waals surface area contributed by atoms with Gasteiger partial charge in [0.05, 0.1) is 12.6 Å². The number of hydrogen-bond acceptors (Lipinski definition) is 7. The van der Waals surface area contributed by atoms with E-state index in [0.29, 0.717) is 38.0 Å². The summed E-state index contributed by atoms with van der Waals surface area (Å²) in [5.41, 5.74) is 11.3. The van der Waals surface area contributed by atoms with Crippen molar-refractivity contribution >= 4 is 35.5 Å². The van der Waals surface area contributed by atoms with Gasteiger partial charge in [-0.2, -0.15) is 11.8 Å². The first-order valence-electron chi connectivity index (χ1n) is 10.2. The Labute approximate surface area is 182 Å². The molecule has 0 aliphatic rings. The molecule has 0 bridgehead atoms. The molecule has 3 amide bonds. The van der Waals surface area contributed by atoms with Gasteiger partial charge >= 0.3 is 5.97 Å². The molecule has 0 radical (unpaired) electrons. The lowest BCUT2D eigenvalue weighted by atomic mass is 10.0. The lowest BCUT2D eigenvalue weighted by Crippen LogP contribution is -2.53. The van der Waals surface area contributed by atoms with Crippen LogP contribution in [0.15, 0.2) is 0 Å². The number of carbonyl (C=O) groups excluding carboxylic acids is 3. The van der Waals surface area contributed by atoms with Crippen molar-refractivity contribution < 1.29 is 24.3 Å². The summed E-state index contributed by atoms with van der Waals surface area (Å²) in [6.07, 6.45) is 4.24. The van der Waals surface area contributed by atoms with Gasteiger partial charge in [0.1, 0.15) is 12.1 Å². The maximum Gasteiger partial charge on any atom is 0.326 e. The van der Waals surface area contributed by atoms with E-state index in [-0.39, 0.29) is 18.9 Å². The first-order chi connectivity index (χ1) is 14.1. The number of carbonyl (C=O) groups is 4. The lowest BCUT2D eigenvalue weighted by Gasteiger charge is -2.21. The minimum absolute atomic E-state index is 0.236. The van der Waals surface area contributed by atoms with Crippen molar-refractivity contribution in [1.29, 1.82) is 0 Å². The van der Waals surface area contributed by atoms with Crippen molar-refractivity contribution in [2.75, 3.05) is 25.1 Å². The Kier molecular flexibility index (Phi) is 14.9. The van der Waals surface area contributed by atoms with Crippen molar-refractivity contribution in [3.05, 3.63) is 0 Å². The Bertz CT molecular complexity index is 561. The molecule has 0 aromatic carbocycles. The van der Waals surface area contributed by atoms with E-state index in [4.69, 9.17) is 11.5 Å². The molecule has 0 heterocycles. The Morgan fingerprint density at radius 1 is 1.00 bits per heavy atom. The molecule has 11 heteroatoms. The average molecular weight is 448 g/mol. The van der Waals surface area contributed by atoms with Gasteiger partial charge in [-0.05, 0) is 56.6 Å². The molecule has 0 saturated heterocycles. The molecule has 30 heavy (non-hydrogen) atoms. The first-order valence-corrected chi connectivity index (χ1v) is 11.6. The summed E-state index contributed by atoms with van der Waals surface area (Å²) < 4.78 is 0. The number of hydrogen-bond donors (Lipinski definition) is 6. The van der Waals surface area contributed by atoms with Crippen LogP contribution in [0.3, 0.4) is 0 Å². The zero-order valence-corrected chi connectivity index (χ0v) is 18.9. The van der Waals surface area contributed by atoms with E-state index in [1.54, 1.807) is 0 Å². The summed E-state index contributed by atoms with van der Waals surface area (Å²) in [7, 11) is 0. The Morgan fingerprint density at radius 2 is 1.67 bits per heavy atom. The molecule has 0 aromatic rings. The third kappa shape index (κ3) is 12.7. The second kappa shape index (κ2) is 15.9. The van der Waals surface area contributed by atoms with Crippen LogP contribution in [0.25, 0.3) is 0 Å². The fourth-order valence-corrected chi connectivity index (χ4v) is 3.16. The minimum atomic E-state index is -1.14. The summed E-state index contributed by atoms with van der Waals surface area (Å²) in [5, 5.41) is 16.7. The SMILES string of the molecule is CSCCC(NC(=O)C(N)CC(C)C)C(=O)NCC(=O)NC(CCCCN)C(=O)O. The zero-order chi connectivity index (χ0) is 23.1. The van der Waals surface area contributed by atoms with Gasteiger partial charge in [-0.3, -0.25) is 14.4 Å². The van der Waals surface area contributed by atoms with Crippen molar-refractivity contribution in [2.24, 2.45) is 17.4 Å². The van der Waals surface area contributed by atoms with Gasteiger partial charge in [-0.25, -0.2) is 4.79 Å². The molecule has 0 spiro atoms. The van der Waals surface area contributed by atoms with E-state index in [0.717, 1.165) is 0 Å². The van der Waals surface area contributed by atoms with Gasteiger partial charge in [0.25, 0.3) is 0 Å². The van der Waals surface area contributed by atoms with E-state index in [1.807, 2.05) is 20.1 Å². The van der Waals surface area contributed by atoms with E-state index >= 15 is 0 Å². The molecule has 0 aliphatic carbocycles. The molecule has 0 rings (SSSR count). The average Bonchev–Trinajstić information content (AvgIpc) is 2.67. The first kappa shape index (κ1) is 28.1. The maximum absolute atomic E-state index is 12.5. The van der Waals surface area contributed by atoms with Crippen LogP contribution in [0.5, 0.6) is 0 Å². The maximum atomic E-state index is 12.5. The quantitative estimate of drug-likeness (QED) is 0.170. The van der Waals surface area contributed by atoms with Crippen molar-refractivity contribution in [2.45, 2.75) is 64.1 Å². The highest BCUT2D eigenvalue weighted by Gasteiger charge is 2.25. The number of carboxylic acids is 1. The third-order valence-corrected chi connectivity index (χ3v) is 4.95. The Morgan fingerprint density at radius 3 is 2.20 bits per heavy atom. The molecule has 3 unspecified atom stereocenters. The predicted octanol–water partition coefficient (Wildman–Crippen LogP) is -0.588.